The lowest BCUT2D eigenvalue weighted by Gasteiger charge is -2.20. The van der Waals surface area contributed by atoms with Crippen LogP contribution in [-0.4, -0.2) is 19.1 Å². The third-order valence-corrected chi connectivity index (χ3v) is 8.35. The molecule has 7 aromatic rings. The molecule has 6 heteroatoms. The lowest BCUT2D eigenvalue weighted by molar-refractivity contribution is 0.483. The van der Waals surface area contributed by atoms with E-state index in [9.17, 15) is 5.26 Å². The second kappa shape index (κ2) is 10.8. The molecule has 0 aliphatic rings. The van der Waals surface area contributed by atoms with E-state index >= 15 is 0 Å². The second-order valence-electron chi connectivity index (χ2n) is 12.5. The third kappa shape index (κ3) is 5.03. The molecular formula is C39H33N5O. The van der Waals surface area contributed by atoms with Crippen molar-refractivity contribution in [3.8, 4) is 40.3 Å². The van der Waals surface area contributed by atoms with Crippen molar-refractivity contribution in [2.75, 3.05) is 0 Å². The molecule has 220 valence electrons. The maximum Gasteiger partial charge on any atom is 0.137 e. The number of nitrogens with zero attached hydrogens (tertiary/aromatic N) is 5. The SMILES string of the molecule is Cc1cccc(C)c1-n1cnc(-c2cccc(Oc3cc(C#N)c4c5ccccc5n(-c5cc(C(C)(C)C)ccn5)c4c3)c2)c1. The highest BCUT2D eigenvalue weighted by molar-refractivity contribution is 6.12. The smallest absolute Gasteiger partial charge is 0.137 e. The number of benzene rings is 4. The lowest BCUT2D eigenvalue weighted by atomic mass is 9.88. The Kier molecular flexibility index (Phi) is 6.75. The summed E-state index contributed by atoms with van der Waals surface area (Å²) in [5.41, 5.74) is 8.86. The van der Waals surface area contributed by atoms with E-state index in [-0.39, 0.29) is 5.41 Å². The fourth-order valence-electron chi connectivity index (χ4n) is 6.13. The average molecular weight is 588 g/mol. The monoisotopic (exact) mass is 587 g/mol. The Morgan fingerprint density at radius 3 is 2.33 bits per heavy atom. The molecule has 0 aliphatic carbocycles. The highest BCUT2D eigenvalue weighted by Crippen LogP contribution is 2.38. The van der Waals surface area contributed by atoms with Crippen LogP contribution in [0.3, 0.4) is 0 Å². The summed E-state index contributed by atoms with van der Waals surface area (Å²) < 4.78 is 10.7. The van der Waals surface area contributed by atoms with E-state index in [0.717, 1.165) is 44.6 Å². The van der Waals surface area contributed by atoms with E-state index in [1.807, 2.05) is 67.3 Å². The molecule has 0 aliphatic heterocycles. The van der Waals surface area contributed by atoms with Gasteiger partial charge in [0.25, 0.3) is 0 Å². The Morgan fingerprint density at radius 1 is 0.778 bits per heavy atom. The van der Waals surface area contributed by atoms with E-state index in [0.29, 0.717) is 17.1 Å². The van der Waals surface area contributed by atoms with Gasteiger partial charge in [-0.1, -0.05) is 69.3 Å². The van der Waals surface area contributed by atoms with Gasteiger partial charge in [-0.3, -0.25) is 4.57 Å². The molecule has 0 radical (unpaired) electrons. The summed E-state index contributed by atoms with van der Waals surface area (Å²) in [6, 6.07) is 32.8. The zero-order chi connectivity index (χ0) is 31.3. The van der Waals surface area contributed by atoms with Crippen molar-refractivity contribution in [1.82, 2.24) is 19.1 Å². The first-order valence-electron chi connectivity index (χ1n) is 15.0. The molecule has 3 heterocycles. The number of para-hydroxylation sites is 2. The Bertz CT molecular complexity index is 2260. The van der Waals surface area contributed by atoms with Crippen LogP contribution in [0.2, 0.25) is 0 Å². The standard InChI is InChI=1S/C39H33N5O/c1-25-10-8-11-26(2)38(25)43-23-33(42-24-43)27-12-9-13-30(18-27)45-31-19-28(22-40)37-32-14-6-7-15-34(32)44(35(37)21-31)36-20-29(16-17-41-36)39(3,4)5/h6-21,23-24H,1-5H3. The molecule has 0 atom stereocenters. The average Bonchev–Trinajstić information content (AvgIpc) is 3.64. The summed E-state index contributed by atoms with van der Waals surface area (Å²) in [6.07, 6.45) is 5.76. The molecule has 6 nitrogen and oxygen atoms in total. The minimum Gasteiger partial charge on any atom is -0.457 e. The van der Waals surface area contributed by atoms with E-state index in [2.05, 4.69) is 92.3 Å². The van der Waals surface area contributed by atoms with Gasteiger partial charge in [-0.15, -0.1) is 0 Å². The Labute approximate surface area is 262 Å². The van der Waals surface area contributed by atoms with Crippen molar-refractivity contribution in [3.63, 3.8) is 0 Å². The first-order valence-corrected chi connectivity index (χ1v) is 15.0. The Morgan fingerprint density at radius 2 is 1.56 bits per heavy atom. The molecule has 0 N–H and O–H groups in total. The number of nitriles is 1. The van der Waals surface area contributed by atoms with Gasteiger partial charge in [0.2, 0.25) is 0 Å². The number of hydrogen-bond donors (Lipinski definition) is 0. The van der Waals surface area contributed by atoms with E-state index < -0.39 is 0 Å². The molecule has 0 unspecified atom stereocenters. The zero-order valence-electron chi connectivity index (χ0n) is 26.0. The van der Waals surface area contributed by atoms with Crippen LogP contribution in [0.5, 0.6) is 11.5 Å². The van der Waals surface area contributed by atoms with Crippen LogP contribution in [0.15, 0.2) is 110 Å². The number of aromatic nitrogens is 4. The Balaban J connectivity index is 1.31. The van der Waals surface area contributed by atoms with Crippen LogP contribution >= 0.6 is 0 Å². The van der Waals surface area contributed by atoms with Gasteiger partial charge in [-0.2, -0.15) is 5.26 Å². The molecule has 0 spiro atoms. The van der Waals surface area contributed by atoms with Gasteiger partial charge in [0, 0.05) is 34.8 Å². The summed E-state index contributed by atoms with van der Waals surface area (Å²) in [5.74, 6) is 2.04. The van der Waals surface area contributed by atoms with E-state index in [1.165, 1.54) is 16.7 Å². The normalized spacial score (nSPS) is 11.6. The van der Waals surface area contributed by atoms with Crippen LogP contribution in [0.1, 0.15) is 43.0 Å². The largest absolute Gasteiger partial charge is 0.457 e. The van der Waals surface area contributed by atoms with Crippen molar-refractivity contribution in [1.29, 1.82) is 5.26 Å². The van der Waals surface area contributed by atoms with Crippen molar-refractivity contribution in [3.05, 3.63) is 132 Å². The summed E-state index contributed by atoms with van der Waals surface area (Å²) in [6.45, 7) is 10.8. The molecule has 7 rings (SSSR count). The fourth-order valence-corrected chi connectivity index (χ4v) is 6.13. The third-order valence-electron chi connectivity index (χ3n) is 8.35. The van der Waals surface area contributed by atoms with Gasteiger partial charge >= 0.3 is 0 Å². The van der Waals surface area contributed by atoms with Crippen molar-refractivity contribution < 1.29 is 4.74 Å². The predicted octanol–water partition coefficient (Wildman–Crippen LogP) is 9.61. The number of aryl methyl sites for hydroxylation is 2. The minimum absolute atomic E-state index is 0.0395. The molecule has 0 fully saturated rings. The number of rotatable bonds is 5. The van der Waals surface area contributed by atoms with Crippen LogP contribution in [0.4, 0.5) is 0 Å². The molecule has 45 heavy (non-hydrogen) atoms. The first kappa shape index (κ1) is 28.1. The second-order valence-corrected chi connectivity index (χ2v) is 12.5. The molecule has 0 saturated carbocycles. The van der Waals surface area contributed by atoms with Gasteiger partial charge in [0.05, 0.1) is 40.4 Å². The molecule has 0 amide bonds. The molecule has 3 aromatic heterocycles. The zero-order valence-corrected chi connectivity index (χ0v) is 26.0. The number of imidazole rings is 1. The fraction of sp³-hybridized carbons (Fsp3) is 0.154. The van der Waals surface area contributed by atoms with Crippen molar-refractivity contribution >= 4 is 21.8 Å². The maximum atomic E-state index is 10.3. The first-order chi connectivity index (χ1) is 21.7. The van der Waals surface area contributed by atoms with Crippen LogP contribution < -0.4 is 4.74 Å². The number of fused-ring (bicyclic) bond motifs is 3. The molecule has 0 bridgehead atoms. The summed E-state index contributed by atoms with van der Waals surface area (Å²) in [7, 11) is 0. The summed E-state index contributed by atoms with van der Waals surface area (Å²) in [4.78, 5) is 9.48. The van der Waals surface area contributed by atoms with Crippen LogP contribution in [0, 0.1) is 25.2 Å². The van der Waals surface area contributed by atoms with Crippen LogP contribution in [0.25, 0.3) is 44.6 Å². The predicted molar refractivity (Wildman–Crippen MR) is 181 cm³/mol. The topological polar surface area (TPSA) is 68.7 Å². The number of hydrogen-bond acceptors (Lipinski definition) is 4. The molecule has 4 aromatic carbocycles. The maximum absolute atomic E-state index is 10.3. The van der Waals surface area contributed by atoms with Crippen molar-refractivity contribution in [2.45, 2.75) is 40.0 Å². The number of ether oxygens (including phenoxy) is 1. The molecular weight excluding hydrogens is 554 g/mol. The Hall–Kier alpha value is -5.67. The van der Waals surface area contributed by atoms with Crippen molar-refractivity contribution in [2.24, 2.45) is 0 Å². The summed E-state index contributed by atoms with van der Waals surface area (Å²) >= 11 is 0. The lowest BCUT2D eigenvalue weighted by Crippen LogP contribution is -2.12. The quantitative estimate of drug-likeness (QED) is 0.201. The van der Waals surface area contributed by atoms with E-state index in [4.69, 9.17) is 14.7 Å². The highest BCUT2D eigenvalue weighted by atomic mass is 16.5. The highest BCUT2D eigenvalue weighted by Gasteiger charge is 2.20. The van der Waals surface area contributed by atoms with Gasteiger partial charge in [0.1, 0.15) is 17.3 Å². The number of pyridine rings is 1. The molecule has 0 saturated heterocycles. The van der Waals surface area contributed by atoms with Crippen LogP contribution in [-0.2, 0) is 5.41 Å². The van der Waals surface area contributed by atoms with Gasteiger partial charge in [-0.25, -0.2) is 9.97 Å². The van der Waals surface area contributed by atoms with Gasteiger partial charge in [-0.05, 0) is 72.4 Å². The van der Waals surface area contributed by atoms with Gasteiger partial charge < -0.3 is 9.30 Å². The van der Waals surface area contributed by atoms with Gasteiger partial charge in [0.15, 0.2) is 0 Å². The minimum atomic E-state index is -0.0395. The summed E-state index contributed by atoms with van der Waals surface area (Å²) in [5, 5.41) is 12.2. The van der Waals surface area contributed by atoms with E-state index in [1.54, 1.807) is 0 Å².